The highest BCUT2D eigenvalue weighted by Gasteiger charge is 2.38. The summed E-state index contributed by atoms with van der Waals surface area (Å²) >= 11 is 0. The number of halogens is 3. The zero-order chi connectivity index (χ0) is 27.0. The van der Waals surface area contributed by atoms with E-state index in [0.29, 0.717) is 25.0 Å². The summed E-state index contributed by atoms with van der Waals surface area (Å²) in [5.41, 5.74) is -1.12. The molecular formula is C27H24F3N3O5. The van der Waals surface area contributed by atoms with E-state index in [4.69, 9.17) is 4.74 Å². The fourth-order valence-electron chi connectivity index (χ4n) is 4.83. The largest absolute Gasteiger partial charge is 0.483 e. The van der Waals surface area contributed by atoms with Crippen molar-refractivity contribution >= 4 is 11.8 Å². The number of aliphatic hydroxyl groups excluding tert-OH is 1. The molecule has 3 heterocycles. The van der Waals surface area contributed by atoms with E-state index in [1.165, 1.54) is 15.7 Å². The van der Waals surface area contributed by atoms with Gasteiger partial charge >= 0.3 is 0 Å². The average Bonchev–Trinajstić information content (AvgIpc) is 3.06. The SMILES string of the molecule is O=C(NCc1c(F)cc(F)cc1F)c1cn2c(c(OCc3ccccc3)c1=O)C(=O)N1C[C@@H](O)CC[C@H]2C1. The van der Waals surface area contributed by atoms with Crippen LogP contribution in [0.1, 0.15) is 50.9 Å². The van der Waals surface area contributed by atoms with Gasteiger partial charge in [-0.25, -0.2) is 13.2 Å². The van der Waals surface area contributed by atoms with Crippen molar-refractivity contribution in [3.8, 4) is 5.75 Å². The summed E-state index contributed by atoms with van der Waals surface area (Å²) in [5, 5.41) is 12.6. The summed E-state index contributed by atoms with van der Waals surface area (Å²) in [5.74, 6) is -5.24. The molecule has 38 heavy (non-hydrogen) atoms. The minimum atomic E-state index is -1.18. The van der Waals surface area contributed by atoms with E-state index in [1.54, 1.807) is 24.3 Å². The Morgan fingerprint density at radius 2 is 1.76 bits per heavy atom. The van der Waals surface area contributed by atoms with Gasteiger partial charge in [0.05, 0.1) is 12.1 Å². The third kappa shape index (κ3) is 4.89. The van der Waals surface area contributed by atoms with Gasteiger partial charge < -0.3 is 24.6 Å². The summed E-state index contributed by atoms with van der Waals surface area (Å²) in [6.45, 7) is -0.309. The number of amides is 2. The molecule has 0 saturated carbocycles. The number of hydrogen-bond donors (Lipinski definition) is 2. The second-order valence-corrected chi connectivity index (χ2v) is 9.36. The molecule has 1 aromatic heterocycles. The van der Waals surface area contributed by atoms with Crippen LogP contribution in [0.25, 0.3) is 0 Å². The molecule has 1 saturated heterocycles. The Labute approximate surface area is 215 Å². The van der Waals surface area contributed by atoms with Crippen molar-refractivity contribution in [2.75, 3.05) is 13.1 Å². The number of pyridine rings is 1. The Balaban J connectivity index is 1.53. The van der Waals surface area contributed by atoms with Gasteiger partial charge in [0.25, 0.3) is 11.8 Å². The lowest BCUT2D eigenvalue weighted by molar-refractivity contribution is 0.0586. The van der Waals surface area contributed by atoms with E-state index in [2.05, 4.69) is 5.32 Å². The summed E-state index contributed by atoms with van der Waals surface area (Å²) in [7, 11) is 0. The first-order valence-electron chi connectivity index (χ1n) is 12.1. The Morgan fingerprint density at radius 1 is 1.05 bits per heavy atom. The summed E-state index contributed by atoms with van der Waals surface area (Å²) in [6, 6.07) is 9.57. The molecular weight excluding hydrogens is 503 g/mol. The summed E-state index contributed by atoms with van der Waals surface area (Å²) < 4.78 is 48.7. The summed E-state index contributed by atoms with van der Waals surface area (Å²) in [6.07, 6.45) is 1.40. The second kappa shape index (κ2) is 10.3. The summed E-state index contributed by atoms with van der Waals surface area (Å²) in [4.78, 5) is 41.4. The van der Waals surface area contributed by atoms with Crippen LogP contribution in [-0.2, 0) is 13.2 Å². The number of fused-ring (bicyclic) bond motifs is 4. The first-order valence-corrected chi connectivity index (χ1v) is 12.1. The van der Waals surface area contributed by atoms with Gasteiger partial charge in [-0.05, 0) is 18.4 Å². The van der Waals surface area contributed by atoms with E-state index >= 15 is 0 Å². The van der Waals surface area contributed by atoms with Crippen LogP contribution in [-0.4, -0.2) is 45.6 Å². The van der Waals surface area contributed by atoms with Gasteiger partial charge in [0, 0.05) is 43.5 Å². The number of carbonyl (C=O) groups excluding carboxylic acids is 2. The molecule has 0 radical (unpaired) electrons. The molecule has 0 unspecified atom stereocenters. The highest BCUT2D eigenvalue weighted by molar-refractivity contribution is 5.99. The van der Waals surface area contributed by atoms with Crippen LogP contribution >= 0.6 is 0 Å². The van der Waals surface area contributed by atoms with Crippen LogP contribution in [0.2, 0.25) is 0 Å². The van der Waals surface area contributed by atoms with E-state index in [-0.39, 0.29) is 42.7 Å². The van der Waals surface area contributed by atoms with Crippen molar-refractivity contribution in [3.05, 3.63) is 98.7 Å². The third-order valence-corrected chi connectivity index (χ3v) is 6.77. The van der Waals surface area contributed by atoms with Gasteiger partial charge in [0.2, 0.25) is 5.43 Å². The van der Waals surface area contributed by atoms with E-state index < -0.39 is 52.9 Å². The van der Waals surface area contributed by atoms with Crippen LogP contribution < -0.4 is 15.5 Å². The van der Waals surface area contributed by atoms with Crippen molar-refractivity contribution < 1.29 is 32.6 Å². The molecule has 8 nitrogen and oxygen atoms in total. The lowest BCUT2D eigenvalue weighted by Gasteiger charge is -2.35. The Hall–Kier alpha value is -4.12. The highest BCUT2D eigenvalue weighted by Crippen LogP contribution is 2.32. The van der Waals surface area contributed by atoms with Crippen molar-refractivity contribution in [2.24, 2.45) is 0 Å². The van der Waals surface area contributed by atoms with Gasteiger partial charge in [0.1, 0.15) is 29.6 Å². The minimum Gasteiger partial charge on any atom is -0.483 e. The van der Waals surface area contributed by atoms with Gasteiger partial charge in [0.15, 0.2) is 11.4 Å². The van der Waals surface area contributed by atoms with Crippen molar-refractivity contribution in [1.82, 2.24) is 14.8 Å². The number of carbonyl (C=O) groups is 2. The van der Waals surface area contributed by atoms with Crippen molar-refractivity contribution in [3.63, 3.8) is 0 Å². The molecule has 5 rings (SSSR count). The standard InChI is InChI=1S/C27H24F3N3O5/c28-16-8-21(29)19(22(30)9-16)10-31-26(36)20-13-33-17-6-7-18(34)12-32(11-17)27(37)23(33)25(24(20)35)38-14-15-4-2-1-3-5-15/h1-5,8-9,13,17-18,34H,6-7,10-12,14H2,(H,31,36)/t17-,18-/m0/s1. The Kier molecular flexibility index (Phi) is 6.94. The van der Waals surface area contributed by atoms with Gasteiger partial charge in [-0.1, -0.05) is 30.3 Å². The number of nitrogens with one attached hydrogen (secondary N) is 1. The molecule has 2 N–H and O–H groups in total. The lowest BCUT2D eigenvalue weighted by Crippen LogP contribution is -2.46. The van der Waals surface area contributed by atoms with Crippen LogP contribution in [0.5, 0.6) is 5.75 Å². The first-order chi connectivity index (χ1) is 18.2. The van der Waals surface area contributed by atoms with Crippen LogP contribution in [0.4, 0.5) is 13.2 Å². The monoisotopic (exact) mass is 527 g/mol. The molecule has 2 aromatic carbocycles. The number of aliphatic hydroxyl groups is 1. The van der Waals surface area contributed by atoms with E-state index in [9.17, 15) is 32.7 Å². The smallest absolute Gasteiger partial charge is 0.274 e. The number of nitrogens with zero attached hydrogens (tertiary/aromatic N) is 2. The maximum atomic E-state index is 14.1. The maximum Gasteiger partial charge on any atom is 0.274 e. The molecule has 0 spiro atoms. The first kappa shape index (κ1) is 25.5. The van der Waals surface area contributed by atoms with Crippen LogP contribution in [0.3, 0.4) is 0 Å². The normalized spacial score (nSPS) is 18.5. The molecule has 11 heteroatoms. The van der Waals surface area contributed by atoms with Gasteiger partial charge in [-0.2, -0.15) is 0 Å². The van der Waals surface area contributed by atoms with Crippen LogP contribution in [0.15, 0.2) is 53.5 Å². The molecule has 2 aliphatic heterocycles. The number of rotatable bonds is 6. The fraction of sp³-hybridized carbons (Fsp3) is 0.296. The second-order valence-electron chi connectivity index (χ2n) is 9.36. The van der Waals surface area contributed by atoms with E-state index in [1.807, 2.05) is 6.07 Å². The lowest BCUT2D eigenvalue weighted by atomic mass is 10.0. The number of aromatic nitrogens is 1. The Morgan fingerprint density at radius 3 is 2.47 bits per heavy atom. The predicted molar refractivity (Wildman–Crippen MR) is 129 cm³/mol. The third-order valence-electron chi connectivity index (χ3n) is 6.77. The van der Waals surface area contributed by atoms with Crippen molar-refractivity contribution in [2.45, 2.75) is 38.1 Å². The molecule has 0 aliphatic carbocycles. The fourth-order valence-corrected chi connectivity index (χ4v) is 4.83. The average molecular weight is 527 g/mol. The highest BCUT2D eigenvalue weighted by atomic mass is 19.1. The molecule has 2 amide bonds. The molecule has 1 fully saturated rings. The number of benzene rings is 2. The van der Waals surface area contributed by atoms with Gasteiger partial charge in [-0.15, -0.1) is 0 Å². The molecule has 2 atom stereocenters. The predicted octanol–water partition coefficient (Wildman–Crippen LogP) is 2.93. The van der Waals surface area contributed by atoms with Crippen LogP contribution in [0, 0.1) is 17.5 Å². The number of ether oxygens (including phenoxy) is 1. The minimum absolute atomic E-state index is 0.0246. The molecule has 2 aliphatic rings. The van der Waals surface area contributed by atoms with Gasteiger partial charge in [-0.3, -0.25) is 14.4 Å². The zero-order valence-electron chi connectivity index (χ0n) is 20.1. The van der Waals surface area contributed by atoms with Crippen molar-refractivity contribution in [1.29, 1.82) is 0 Å². The quantitative estimate of drug-likeness (QED) is 0.514. The molecule has 198 valence electrons. The number of hydrogen-bond acceptors (Lipinski definition) is 5. The Bertz CT molecular complexity index is 1440. The topological polar surface area (TPSA) is 101 Å². The maximum absolute atomic E-state index is 14.1. The molecule has 2 bridgehead atoms. The molecule has 3 aromatic rings. The zero-order valence-corrected chi connectivity index (χ0v) is 20.1. The van der Waals surface area contributed by atoms with E-state index in [0.717, 1.165) is 5.56 Å².